The van der Waals surface area contributed by atoms with Crippen LogP contribution >= 0.6 is 0 Å². The minimum atomic E-state index is -0.725. The molecular formula is C15H13NO4. The van der Waals surface area contributed by atoms with Crippen molar-refractivity contribution in [3.05, 3.63) is 52.9 Å². The van der Waals surface area contributed by atoms with Crippen LogP contribution in [0.2, 0.25) is 0 Å². The van der Waals surface area contributed by atoms with Gasteiger partial charge in [0.15, 0.2) is 0 Å². The van der Waals surface area contributed by atoms with E-state index in [-0.39, 0.29) is 5.69 Å². The lowest BCUT2D eigenvalue weighted by atomic mass is 10.1. The van der Waals surface area contributed by atoms with E-state index < -0.39 is 17.4 Å². The van der Waals surface area contributed by atoms with Crippen molar-refractivity contribution in [1.29, 1.82) is 0 Å². The Kier molecular flexibility index (Phi) is 3.79. The molecule has 102 valence electrons. The second-order valence-electron chi connectivity index (χ2n) is 4.21. The Morgan fingerprint density at radius 3 is 2.05 bits per heavy atom. The fourth-order valence-electron chi connectivity index (χ4n) is 1.89. The van der Waals surface area contributed by atoms with Crippen LogP contribution < -0.4 is 10.5 Å². The summed E-state index contributed by atoms with van der Waals surface area (Å²) in [6.45, 7) is 2.43. The van der Waals surface area contributed by atoms with Crippen LogP contribution in [0.15, 0.2) is 51.7 Å². The van der Waals surface area contributed by atoms with Crippen molar-refractivity contribution in [2.24, 2.45) is 0 Å². The van der Waals surface area contributed by atoms with E-state index in [0.29, 0.717) is 5.76 Å². The van der Waals surface area contributed by atoms with Gasteiger partial charge in [0.05, 0.1) is 0 Å². The highest BCUT2D eigenvalue weighted by atomic mass is 16.4. The van der Waals surface area contributed by atoms with Crippen molar-refractivity contribution in [1.82, 2.24) is 0 Å². The summed E-state index contributed by atoms with van der Waals surface area (Å²) in [5.74, 6) is -0.680. The van der Waals surface area contributed by atoms with Crippen molar-refractivity contribution < 1.29 is 14.0 Å². The SMILES string of the molecule is CC(=O)N(C(C)=O)c1ccc(-c2ccccc2)oc1=O. The third-order valence-electron chi connectivity index (χ3n) is 2.73. The number of imide groups is 1. The molecule has 0 saturated heterocycles. The fourth-order valence-corrected chi connectivity index (χ4v) is 1.89. The number of amides is 2. The maximum absolute atomic E-state index is 12.0. The van der Waals surface area contributed by atoms with E-state index in [4.69, 9.17) is 4.42 Å². The summed E-state index contributed by atoms with van der Waals surface area (Å²) in [5, 5.41) is 0. The van der Waals surface area contributed by atoms with E-state index in [1.807, 2.05) is 18.2 Å². The van der Waals surface area contributed by atoms with Gasteiger partial charge in [-0.1, -0.05) is 30.3 Å². The molecule has 0 bridgehead atoms. The Morgan fingerprint density at radius 2 is 1.55 bits per heavy atom. The molecule has 0 saturated carbocycles. The monoisotopic (exact) mass is 271 g/mol. The standard InChI is InChI=1S/C15H13NO4/c1-10(17)16(11(2)18)13-8-9-14(20-15(13)19)12-6-4-3-5-7-12/h3-9H,1-2H3. The first-order valence-corrected chi connectivity index (χ1v) is 6.01. The molecular weight excluding hydrogens is 258 g/mol. The summed E-state index contributed by atoms with van der Waals surface area (Å²) in [4.78, 5) is 35.6. The lowest BCUT2D eigenvalue weighted by molar-refractivity contribution is -0.124. The molecule has 0 aliphatic heterocycles. The number of benzene rings is 1. The lowest BCUT2D eigenvalue weighted by Gasteiger charge is -2.15. The van der Waals surface area contributed by atoms with Crippen molar-refractivity contribution in [3.63, 3.8) is 0 Å². The van der Waals surface area contributed by atoms with Crippen molar-refractivity contribution >= 4 is 17.5 Å². The molecule has 1 aromatic heterocycles. The van der Waals surface area contributed by atoms with Crippen molar-refractivity contribution in [2.75, 3.05) is 4.90 Å². The first-order valence-electron chi connectivity index (χ1n) is 6.01. The number of nitrogens with zero attached hydrogens (tertiary/aromatic N) is 1. The summed E-state index contributed by atoms with van der Waals surface area (Å²) in [6, 6.07) is 12.1. The molecule has 5 heteroatoms. The molecule has 0 radical (unpaired) electrons. The average Bonchev–Trinajstić information content (AvgIpc) is 2.41. The number of anilines is 1. The molecule has 0 spiro atoms. The molecule has 1 aromatic carbocycles. The van der Waals surface area contributed by atoms with Gasteiger partial charge in [0.25, 0.3) is 0 Å². The Morgan fingerprint density at radius 1 is 0.950 bits per heavy atom. The molecule has 2 rings (SSSR count). The number of carbonyl (C=O) groups is 2. The van der Waals surface area contributed by atoms with Gasteiger partial charge in [0, 0.05) is 19.4 Å². The quantitative estimate of drug-likeness (QED) is 0.839. The first kappa shape index (κ1) is 13.7. The topological polar surface area (TPSA) is 67.6 Å². The molecule has 0 unspecified atom stereocenters. The maximum atomic E-state index is 12.0. The van der Waals surface area contributed by atoms with Crippen LogP contribution in [-0.2, 0) is 9.59 Å². The third-order valence-corrected chi connectivity index (χ3v) is 2.73. The Hall–Kier alpha value is -2.69. The van der Waals surface area contributed by atoms with E-state index in [1.165, 1.54) is 19.9 Å². The molecule has 2 aromatic rings. The second-order valence-corrected chi connectivity index (χ2v) is 4.21. The molecule has 0 atom stereocenters. The molecule has 0 N–H and O–H groups in total. The summed E-state index contributed by atoms with van der Waals surface area (Å²) >= 11 is 0. The molecule has 1 heterocycles. The molecule has 0 fully saturated rings. The van der Waals surface area contributed by atoms with Gasteiger partial charge in [-0.3, -0.25) is 9.59 Å². The zero-order chi connectivity index (χ0) is 14.7. The molecule has 5 nitrogen and oxygen atoms in total. The van der Waals surface area contributed by atoms with Crippen molar-refractivity contribution in [3.8, 4) is 11.3 Å². The van der Waals surface area contributed by atoms with Gasteiger partial charge >= 0.3 is 5.63 Å². The molecule has 0 aliphatic rings. The summed E-state index contributed by atoms with van der Waals surface area (Å²) in [6.07, 6.45) is 0. The maximum Gasteiger partial charge on any atom is 0.360 e. The van der Waals surface area contributed by atoms with Gasteiger partial charge in [-0.25, -0.2) is 9.69 Å². The summed E-state index contributed by atoms with van der Waals surface area (Å²) < 4.78 is 5.17. The van der Waals surface area contributed by atoms with Gasteiger partial charge in [0.2, 0.25) is 11.8 Å². The largest absolute Gasteiger partial charge is 0.421 e. The minimum Gasteiger partial charge on any atom is -0.421 e. The minimum absolute atomic E-state index is 0.0790. The normalized spacial score (nSPS) is 10.1. The highest BCUT2D eigenvalue weighted by molar-refractivity contribution is 6.12. The second kappa shape index (κ2) is 5.52. The Balaban J connectivity index is 2.48. The Bertz CT molecular complexity index is 689. The highest BCUT2D eigenvalue weighted by Gasteiger charge is 2.20. The van der Waals surface area contributed by atoms with E-state index >= 15 is 0 Å². The number of rotatable bonds is 2. The molecule has 0 aliphatic carbocycles. The number of hydrogen-bond acceptors (Lipinski definition) is 4. The van der Waals surface area contributed by atoms with E-state index in [0.717, 1.165) is 10.5 Å². The first-order chi connectivity index (χ1) is 9.50. The lowest BCUT2D eigenvalue weighted by Crippen LogP contribution is -2.36. The zero-order valence-electron chi connectivity index (χ0n) is 11.1. The number of hydrogen-bond donors (Lipinski definition) is 0. The predicted octanol–water partition coefficient (Wildman–Crippen LogP) is 2.21. The van der Waals surface area contributed by atoms with Gasteiger partial charge in [0.1, 0.15) is 11.4 Å². The zero-order valence-corrected chi connectivity index (χ0v) is 11.1. The molecule has 20 heavy (non-hydrogen) atoms. The van der Waals surface area contributed by atoms with Gasteiger partial charge in [-0.15, -0.1) is 0 Å². The van der Waals surface area contributed by atoms with Crippen LogP contribution in [-0.4, -0.2) is 11.8 Å². The van der Waals surface area contributed by atoms with Crippen LogP contribution in [0.3, 0.4) is 0 Å². The summed E-state index contributed by atoms with van der Waals surface area (Å²) in [5.41, 5.74) is -0.0604. The van der Waals surface area contributed by atoms with Gasteiger partial charge < -0.3 is 4.42 Å². The highest BCUT2D eigenvalue weighted by Crippen LogP contribution is 2.19. The van der Waals surface area contributed by atoms with Crippen LogP contribution in [0.25, 0.3) is 11.3 Å². The van der Waals surface area contributed by atoms with E-state index in [1.54, 1.807) is 18.2 Å². The van der Waals surface area contributed by atoms with Crippen LogP contribution in [0, 0.1) is 0 Å². The smallest absolute Gasteiger partial charge is 0.360 e. The van der Waals surface area contributed by atoms with Gasteiger partial charge in [-0.2, -0.15) is 0 Å². The van der Waals surface area contributed by atoms with E-state index in [9.17, 15) is 14.4 Å². The average molecular weight is 271 g/mol. The third kappa shape index (κ3) is 2.66. The summed E-state index contributed by atoms with van der Waals surface area (Å²) in [7, 11) is 0. The Labute approximate surface area is 115 Å². The van der Waals surface area contributed by atoms with E-state index in [2.05, 4.69) is 0 Å². The van der Waals surface area contributed by atoms with Gasteiger partial charge in [-0.05, 0) is 12.1 Å². The van der Waals surface area contributed by atoms with Crippen LogP contribution in [0.1, 0.15) is 13.8 Å². The van der Waals surface area contributed by atoms with Crippen LogP contribution in [0.4, 0.5) is 5.69 Å². The van der Waals surface area contributed by atoms with Crippen LogP contribution in [0.5, 0.6) is 0 Å². The molecule has 2 amide bonds. The number of carbonyl (C=O) groups excluding carboxylic acids is 2. The predicted molar refractivity (Wildman–Crippen MR) is 74.3 cm³/mol. The fraction of sp³-hybridized carbons (Fsp3) is 0.133. The van der Waals surface area contributed by atoms with Crippen molar-refractivity contribution in [2.45, 2.75) is 13.8 Å².